The Hall–Kier alpha value is -4.26. The summed E-state index contributed by atoms with van der Waals surface area (Å²) in [7, 11) is 0. The number of rotatable bonds is 5. The molecular formula is C25H20FN3O3. The van der Waals surface area contributed by atoms with Crippen molar-refractivity contribution >= 4 is 40.4 Å². The summed E-state index contributed by atoms with van der Waals surface area (Å²) in [5, 5.41) is 5.59. The Balaban J connectivity index is 1.78. The van der Waals surface area contributed by atoms with Crippen molar-refractivity contribution in [2.75, 3.05) is 15.5 Å². The van der Waals surface area contributed by atoms with Gasteiger partial charge in [0, 0.05) is 18.3 Å². The van der Waals surface area contributed by atoms with E-state index in [4.69, 9.17) is 0 Å². The third kappa shape index (κ3) is 4.13. The van der Waals surface area contributed by atoms with Gasteiger partial charge in [0.15, 0.2) is 0 Å². The molecular weight excluding hydrogens is 409 g/mol. The monoisotopic (exact) mass is 429 g/mol. The van der Waals surface area contributed by atoms with E-state index in [0.29, 0.717) is 22.6 Å². The first-order chi connectivity index (χ1) is 15.3. The number of imide groups is 1. The zero-order valence-corrected chi connectivity index (χ0v) is 17.5. The van der Waals surface area contributed by atoms with Gasteiger partial charge in [0.1, 0.15) is 11.5 Å². The van der Waals surface area contributed by atoms with Crippen LogP contribution in [-0.2, 0) is 14.4 Å². The lowest BCUT2D eigenvalue weighted by Crippen LogP contribution is -2.32. The van der Waals surface area contributed by atoms with Crippen LogP contribution in [0.4, 0.5) is 21.5 Å². The number of benzene rings is 3. The maximum atomic E-state index is 13.7. The van der Waals surface area contributed by atoms with Crippen molar-refractivity contribution in [3.63, 3.8) is 0 Å². The molecule has 0 unspecified atom stereocenters. The van der Waals surface area contributed by atoms with Crippen molar-refractivity contribution in [1.29, 1.82) is 0 Å². The third-order valence-electron chi connectivity index (χ3n) is 4.96. The largest absolute Gasteiger partial charge is 0.350 e. The average molecular weight is 429 g/mol. The molecule has 160 valence electrons. The molecule has 3 amide bonds. The van der Waals surface area contributed by atoms with E-state index < -0.39 is 17.6 Å². The van der Waals surface area contributed by atoms with Gasteiger partial charge < -0.3 is 10.6 Å². The number of hydrogen-bond donors (Lipinski definition) is 2. The highest BCUT2D eigenvalue weighted by atomic mass is 19.1. The van der Waals surface area contributed by atoms with E-state index in [1.165, 1.54) is 25.1 Å². The number of halogens is 1. The summed E-state index contributed by atoms with van der Waals surface area (Å²) in [5.41, 5.74) is 3.04. The van der Waals surface area contributed by atoms with Crippen molar-refractivity contribution in [2.24, 2.45) is 0 Å². The van der Waals surface area contributed by atoms with E-state index in [1.807, 2.05) is 19.1 Å². The molecule has 0 bridgehead atoms. The second kappa shape index (κ2) is 8.47. The fourth-order valence-corrected chi connectivity index (χ4v) is 3.48. The van der Waals surface area contributed by atoms with Gasteiger partial charge in [-0.3, -0.25) is 14.4 Å². The highest BCUT2D eigenvalue weighted by molar-refractivity contribution is 6.46. The van der Waals surface area contributed by atoms with E-state index in [-0.39, 0.29) is 17.2 Å². The van der Waals surface area contributed by atoms with Gasteiger partial charge in [-0.15, -0.1) is 0 Å². The minimum Gasteiger partial charge on any atom is -0.350 e. The Kier molecular flexibility index (Phi) is 5.55. The summed E-state index contributed by atoms with van der Waals surface area (Å²) in [5.74, 6) is -1.72. The molecule has 0 saturated heterocycles. The van der Waals surface area contributed by atoms with Crippen LogP contribution in [0, 0.1) is 12.7 Å². The molecule has 4 rings (SSSR count). The number of aryl methyl sites for hydroxylation is 1. The van der Waals surface area contributed by atoms with Crippen molar-refractivity contribution in [3.8, 4) is 0 Å². The van der Waals surface area contributed by atoms with Gasteiger partial charge in [-0.1, -0.05) is 35.9 Å². The Labute approximate surface area is 184 Å². The van der Waals surface area contributed by atoms with Gasteiger partial charge >= 0.3 is 0 Å². The number of nitrogens with one attached hydrogen (secondary N) is 2. The Morgan fingerprint density at radius 2 is 1.56 bits per heavy atom. The molecule has 32 heavy (non-hydrogen) atoms. The van der Waals surface area contributed by atoms with Crippen LogP contribution in [0.5, 0.6) is 0 Å². The highest BCUT2D eigenvalue weighted by Crippen LogP contribution is 2.34. The summed E-state index contributed by atoms with van der Waals surface area (Å²) in [6, 6.07) is 19.3. The lowest BCUT2D eigenvalue weighted by Gasteiger charge is -2.15. The number of amides is 3. The zero-order chi connectivity index (χ0) is 22.8. The minimum absolute atomic E-state index is 0.0495. The third-order valence-corrected chi connectivity index (χ3v) is 4.96. The van der Waals surface area contributed by atoms with E-state index >= 15 is 0 Å². The van der Waals surface area contributed by atoms with Gasteiger partial charge in [0.05, 0.1) is 11.3 Å². The van der Waals surface area contributed by atoms with Crippen LogP contribution in [-0.4, -0.2) is 17.7 Å². The van der Waals surface area contributed by atoms with Crippen LogP contribution in [0.25, 0.3) is 5.57 Å². The number of carbonyl (C=O) groups excluding carboxylic acids is 3. The first kappa shape index (κ1) is 21.0. The average Bonchev–Trinajstić information content (AvgIpc) is 2.99. The molecule has 0 saturated carbocycles. The minimum atomic E-state index is -0.538. The van der Waals surface area contributed by atoms with Crippen molar-refractivity contribution < 1.29 is 18.8 Å². The van der Waals surface area contributed by atoms with Crippen LogP contribution >= 0.6 is 0 Å². The highest BCUT2D eigenvalue weighted by Gasteiger charge is 2.40. The quantitative estimate of drug-likeness (QED) is 0.586. The number of carbonyl (C=O) groups is 3. The summed E-state index contributed by atoms with van der Waals surface area (Å²) in [6.07, 6.45) is 0. The smallest absolute Gasteiger partial charge is 0.282 e. The molecule has 2 N–H and O–H groups in total. The molecule has 1 heterocycles. The van der Waals surface area contributed by atoms with Crippen LogP contribution < -0.4 is 15.5 Å². The van der Waals surface area contributed by atoms with E-state index in [1.54, 1.807) is 42.5 Å². The SMILES string of the molecule is CC(=O)Nc1ccc(C2=C(Nc3cccc(F)c3)C(=O)N(c3ccc(C)cc3)C2=O)cc1. The standard InChI is InChI=1S/C25H20FN3O3/c1-15-6-12-21(13-7-15)29-24(31)22(17-8-10-19(11-9-17)27-16(2)30)23(25(29)32)28-20-5-3-4-18(26)14-20/h3-14,28H,1-2H3,(H,27,30). The molecule has 3 aromatic rings. The molecule has 3 aromatic carbocycles. The number of anilines is 3. The summed E-state index contributed by atoms with van der Waals surface area (Å²) >= 11 is 0. The molecule has 0 aliphatic carbocycles. The van der Waals surface area contributed by atoms with Crippen LogP contribution in [0.2, 0.25) is 0 Å². The van der Waals surface area contributed by atoms with Gasteiger partial charge in [-0.25, -0.2) is 9.29 Å². The lowest BCUT2D eigenvalue weighted by atomic mass is 10.0. The molecule has 7 heteroatoms. The summed E-state index contributed by atoms with van der Waals surface area (Å²) < 4.78 is 13.7. The first-order valence-corrected chi connectivity index (χ1v) is 9.94. The molecule has 0 atom stereocenters. The van der Waals surface area contributed by atoms with Gasteiger partial charge in [-0.2, -0.15) is 0 Å². The number of hydrogen-bond acceptors (Lipinski definition) is 4. The van der Waals surface area contributed by atoms with Gasteiger partial charge in [0.2, 0.25) is 5.91 Å². The fraction of sp³-hybridized carbons (Fsp3) is 0.0800. The van der Waals surface area contributed by atoms with Crippen LogP contribution in [0.15, 0.2) is 78.5 Å². The Morgan fingerprint density at radius 1 is 0.875 bits per heavy atom. The van der Waals surface area contributed by atoms with Crippen molar-refractivity contribution in [1.82, 2.24) is 0 Å². The Bertz CT molecular complexity index is 1250. The molecule has 0 radical (unpaired) electrons. The van der Waals surface area contributed by atoms with Crippen LogP contribution in [0.1, 0.15) is 18.1 Å². The van der Waals surface area contributed by atoms with Crippen molar-refractivity contribution in [2.45, 2.75) is 13.8 Å². The van der Waals surface area contributed by atoms with Crippen LogP contribution in [0.3, 0.4) is 0 Å². The maximum absolute atomic E-state index is 13.7. The van der Waals surface area contributed by atoms with E-state index in [0.717, 1.165) is 10.5 Å². The second-order valence-corrected chi connectivity index (χ2v) is 7.43. The molecule has 6 nitrogen and oxygen atoms in total. The summed E-state index contributed by atoms with van der Waals surface area (Å²) in [6.45, 7) is 3.31. The summed E-state index contributed by atoms with van der Waals surface area (Å²) in [4.78, 5) is 39.1. The van der Waals surface area contributed by atoms with Gasteiger partial charge in [-0.05, 0) is 55.0 Å². The predicted octanol–water partition coefficient (Wildman–Crippen LogP) is 4.49. The van der Waals surface area contributed by atoms with E-state index in [2.05, 4.69) is 10.6 Å². The number of nitrogens with zero attached hydrogens (tertiary/aromatic N) is 1. The maximum Gasteiger partial charge on any atom is 0.282 e. The fourth-order valence-electron chi connectivity index (χ4n) is 3.48. The van der Waals surface area contributed by atoms with E-state index in [9.17, 15) is 18.8 Å². The molecule has 1 aliphatic rings. The Morgan fingerprint density at radius 3 is 2.19 bits per heavy atom. The zero-order valence-electron chi connectivity index (χ0n) is 17.5. The molecule has 0 aromatic heterocycles. The molecule has 1 aliphatic heterocycles. The first-order valence-electron chi connectivity index (χ1n) is 9.94. The molecule has 0 spiro atoms. The lowest BCUT2D eigenvalue weighted by molar-refractivity contribution is -0.120. The second-order valence-electron chi connectivity index (χ2n) is 7.43. The van der Waals surface area contributed by atoms with Gasteiger partial charge in [0.25, 0.3) is 11.8 Å². The molecule has 0 fully saturated rings. The van der Waals surface area contributed by atoms with Crippen molar-refractivity contribution in [3.05, 3.63) is 95.4 Å². The topological polar surface area (TPSA) is 78.5 Å². The normalized spacial score (nSPS) is 13.5. The predicted molar refractivity (Wildman–Crippen MR) is 121 cm³/mol.